The highest BCUT2D eigenvalue weighted by molar-refractivity contribution is 8.13. The van der Waals surface area contributed by atoms with Gasteiger partial charge in [0.1, 0.15) is 6.04 Å². The molecule has 0 aromatic heterocycles. The summed E-state index contributed by atoms with van der Waals surface area (Å²) in [5.74, 6) is -1.15. The number of carbonyl (C=O) groups is 3. The number of hydrogen-bond acceptors (Lipinski definition) is 6. The lowest BCUT2D eigenvalue weighted by molar-refractivity contribution is -0.482. The van der Waals surface area contributed by atoms with E-state index in [4.69, 9.17) is 5.73 Å². The fourth-order valence-corrected chi connectivity index (χ4v) is 2.33. The summed E-state index contributed by atoms with van der Waals surface area (Å²) in [5.41, 5.74) is 4.23. The smallest absolute Gasteiger partial charge is 0.240 e. The van der Waals surface area contributed by atoms with Crippen molar-refractivity contribution < 1.29 is 19.3 Å². The van der Waals surface area contributed by atoms with Crippen LogP contribution in [-0.2, 0) is 14.4 Å². The van der Waals surface area contributed by atoms with Crippen LogP contribution in [0.2, 0.25) is 0 Å². The molecule has 0 aromatic rings. The number of primary amides is 1. The minimum absolute atomic E-state index is 0.00956. The summed E-state index contributed by atoms with van der Waals surface area (Å²) in [6.45, 7) is 4.14. The average molecular weight is 305 g/mol. The van der Waals surface area contributed by atoms with E-state index in [2.05, 4.69) is 5.32 Å². The summed E-state index contributed by atoms with van der Waals surface area (Å²) in [7, 11) is 0. The molecule has 0 fully saturated rings. The van der Waals surface area contributed by atoms with Gasteiger partial charge in [0.25, 0.3) is 0 Å². The first-order valence-corrected chi connectivity index (χ1v) is 6.90. The molecule has 8 nitrogen and oxygen atoms in total. The summed E-state index contributed by atoms with van der Waals surface area (Å²) < 4.78 is 0. The normalized spacial score (nSPS) is 12.6. The Kier molecular flexibility index (Phi) is 7.19. The fourth-order valence-electron chi connectivity index (χ4n) is 1.27. The zero-order valence-electron chi connectivity index (χ0n) is 11.7. The highest BCUT2D eigenvalue weighted by Gasteiger charge is 2.31. The Morgan fingerprint density at radius 1 is 1.40 bits per heavy atom. The number of nitrogens with one attached hydrogen (secondary N) is 1. The van der Waals surface area contributed by atoms with Gasteiger partial charge in [0, 0.05) is 29.4 Å². The maximum atomic E-state index is 12.0. The second kappa shape index (κ2) is 7.83. The quantitative estimate of drug-likeness (QED) is 0.476. The van der Waals surface area contributed by atoms with Crippen molar-refractivity contribution in [2.24, 2.45) is 11.1 Å². The third-order valence-electron chi connectivity index (χ3n) is 2.57. The van der Waals surface area contributed by atoms with E-state index in [1.54, 1.807) is 13.8 Å². The van der Waals surface area contributed by atoms with Crippen LogP contribution in [0, 0.1) is 15.5 Å². The molecule has 0 aliphatic rings. The van der Waals surface area contributed by atoms with Crippen LogP contribution in [0.1, 0.15) is 27.2 Å². The van der Waals surface area contributed by atoms with Crippen LogP contribution < -0.4 is 11.1 Å². The van der Waals surface area contributed by atoms with Gasteiger partial charge in [-0.3, -0.25) is 24.5 Å². The molecule has 9 heteroatoms. The lowest BCUT2D eigenvalue weighted by atomic mass is 9.91. The van der Waals surface area contributed by atoms with Crippen molar-refractivity contribution in [3.05, 3.63) is 10.1 Å². The molecule has 1 atom stereocenters. The van der Waals surface area contributed by atoms with Gasteiger partial charge in [-0.05, 0) is 0 Å². The topological polar surface area (TPSA) is 132 Å². The first-order chi connectivity index (χ1) is 9.06. The Morgan fingerprint density at radius 2 is 1.95 bits per heavy atom. The summed E-state index contributed by atoms with van der Waals surface area (Å²) in [4.78, 5) is 43.8. The number of nitrogens with two attached hydrogens (primary N) is 1. The molecule has 20 heavy (non-hydrogen) atoms. The Bertz CT molecular complexity index is 411. The molecule has 0 aliphatic carbocycles. The predicted molar refractivity (Wildman–Crippen MR) is 74.5 cm³/mol. The molecule has 0 bridgehead atoms. The maximum Gasteiger partial charge on any atom is 0.240 e. The largest absolute Gasteiger partial charge is 0.368 e. The lowest BCUT2D eigenvalue weighted by Gasteiger charge is -2.21. The molecule has 0 aromatic carbocycles. The summed E-state index contributed by atoms with van der Waals surface area (Å²) in [6, 6.07) is -0.937. The van der Waals surface area contributed by atoms with Crippen molar-refractivity contribution in [1.82, 2.24) is 5.32 Å². The van der Waals surface area contributed by atoms with Crippen LogP contribution in [0.15, 0.2) is 0 Å². The summed E-state index contributed by atoms with van der Waals surface area (Å²) in [6.07, 6.45) is 0.104. The third kappa shape index (κ3) is 7.07. The number of rotatable bonds is 8. The van der Waals surface area contributed by atoms with Gasteiger partial charge in [-0.2, -0.15) is 0 Å². The average Bonchev–Trinajstić information content (AvgIpc) is 2.30. The summed E-state index contributed by atoms with van der Waals surface area (Å²) in [5, 5.41) is 12.4. The molecule has 2 amide bonds. The molecule has 0 saturated carbocycles. The van der Waals surface area contributed by atoms with Crippen molar-refractivity contribution in [2.75, 3.05) is 12.3 Å². The molecule has 0 unspecified atom stereocenters. The number of hydrogen-bond donors (Lipinski definition) is 2. The van der Waals surface area contributed by atoms with Gasteiger partial charge in [-0.25, -0.2) is 0 Å². The first-order valence-electron chi connectivity index (χ1n) is 5.91. The van der Waals surface area contributed by atoms with E-state index in [-0.39, 0.29) is 23.8 Å². The van der Waals surface area contributed by atoms with Crippen molar-refractivity contribution in [2.45, 2.75) is 33.2 Å². The van der Waals surface area contributed by atoms with Crippen LogP contribution in [0.5, 0.6) is 0 Å². The molecule has 0 saturated heterocycles. The monoisotopic (exact) mass is 305 g/mol. The minimum atomic E-state index is -0.937. The van der Waals surface area contributed by atoms with Crippen molar-refractivity contribution in [1.29, 1.82) is 0 Å². The molecular formula is C11H19N3O5S. The summed E-state index contributed by atoms with van der Waals surface area (Å²) >= 11 is 0.836. The molecule has 114 valence electrons. The van der Waals surface area contributed by atoms with E-state index in [0.29, 0.717) is 0 Å². The number of thioether (sulfide) groups is 1. The zero-order chi connectivity index (χ0) is 15.9. The van der Waals surface area contributed by atoms with Crippen LogP contribution in [0.25, 0.3) is 0 Å². The second-order valence-electron chi connectivity index (χ2n) is 4.94. The zero-order valence-corrected chi connectivity index (χ0v) is 12.5. The second-order valence-corrected chi connectivity index (χ2v) is 5.94. The van der Waals surface area contributed by atoms with Gasteiger partial charge >= 0.3 is 0 Å². The van der Waals surface area contributed by atoms with Gasteiger partial charge in [-0.1, -0.05) is 25.6 Å². The van der Waals surface area contributed by atoms with Crippen LogP contribution in [0.3, 0.4) is 0 Å². The van der Waals surface area contributed by atoms with E-state index >= 15 is 0 Å². The number of amides is 2. The SMILES string of the molecule is CC(=O)N[C@@H](CSC(=O)C(C)(C)CC[N+](=O)[O-])C(N)=O. The molecule has 0 rings (SSSR count). The molecule has 0 aliphatic heterocycles. The molecule has 0 heterocycles. The Hall–Kier alpha value is -1.64. The predicted octanol–water partition coefficient (Wildman–Crippen LogP) is -0.0708. The van der Waals surface area contributed by atoms with Crippen LogP contribution in [0.4, 0.5) is 0 Å². The Labute approximate surface area is 121 Å². The number of nitro groups is 1. The maximum absolute atomic E-state index is 12.0. The highest BCUT2D eigenvalue weighted by Crippen LogP contribution is 2.28. The standard InChI is InChI=1S/C11H19N3O5S/c1-7(15)13-8(9(12)16)6-20-10(17)11(2,3)4-5-14(18)19/h8H,4-6H2,1-3H3,(H2,12,16)(H,13,15)/t8-/m0/s1. The Balaban J connectivity index is 4.46. The lowest BCUT2D eigenvalue weighted by Crippen LogP contribution is -2.45. The molecule has 0 spiro atoms. The van der Waals surface area contributed by atoms with Gasteiger partial charge in [0.2, 0.25) is 18.4 Å². The van der Waals surface area contributed by atoms with E-state index in [9.17, 15) is 24.5 Å². The van der Waals surface area contributed by atoms with E-state index in [1.807, 2.05) is 0 Å². The fraction of sp³-hybridized carbons (Fsp3) is 0.727. The number of carbonyl (C=O) groups excluding carboxylic acids is 3. The van der Waals surface area contributed by atoms with Crippen molar-refractivity contribution >= 4 is 28.7 Å². The first kappa shape index (κ1) is 18.4. The van der Waals surface area contributed by atoms with Crippen LogP contribution >= 0.6 is 11.8 Å². The Morgan fingerprint density at radius 3 is 2.35 bits per heavy atom. The van der Waals surface area contributed by atoms with E-state index < -0.39 is 28.2 Å². The van der Waals surface area contributed by atoms with Crippen molar-refractivity contribution in [3.8, 4) is 0 Å². The van der Waals surface area contributed by atoms with E-state index in [1.165, 1.54) is 6.92 Å². The molecule has 0 radical (unpaired) electrons. The minimum Gasteiger partial charge on any atom is -0.368 e. The van der Waals surface area contributed by atoms with Gasteiger partial charge in [0.15, 0.2) is 5.12 Å². The number of nitrogens with zero attached hydrogens (tertiary/aromatic N) is 1. The third-order valence-corrected chi connectivity index (χ3v) is 3.89. The van der Waals surface area contributed by atoms with Crippen LogP contribution in [-0.4, -0.2) is 40.2 Å². The van der Waals surface area contributed by atoms with Gasteiger partial charge in [-0.15, -0.1) is 0 Å². The van der Waals surface area contributed by atoms with Gasteiger partial charge in [0.05, 0.1) is 0 Å². The van der Waals surface area contributed by atoms with E-state index in [0.717, 1.165) is 11.8 Å². The molecule has 3 N–H and O–H groups in total. The van der Waals surface area contributed by atoms with Crippen molar-refractivity contribution in [3.63, 3.8) is 0 Å². The highest BCUT2D eigenvalue weighted by atomic mass is 32.2. The molecular weight excluding hydrogens is 286 g/mol. The van der Waals surface area contributed by atoms with Gasteiger partial charge < -0.3 is 11.1 Å².